The van der Waals surface area contributed by atoms with Crippen LogP contribution in [0.25, 0.3) is 6.08 Å². The van der Waals surface area contributed by atoms with E-state index < -0.39 is 7.12 Å². The lowest BCUT2D eigenvalue weighted by Gasteiger charge is -1.84. The summed E-state index contributed by atoms with van der Waals surface area (Å²) < 4.78 is 4.87. The van der Waals surface area contributed by atoms with Gasteiger partial charge in [0.15, 0.2) is 0 Å². The average Bonchev–Trinajstić information content (AvgIpc) is 2.34. The van der Waals surface area contributed by atoms with Gasteiger partial charge < -0.3 is 14.5 Å². The Bertz CT molecular complexity index is 203. The predicted octanol–water partition coefficient (Wildman–Crippen LogP) is 0.305. The number of rotatable bonds is 2. The second-order valence-electron chi connectivity index (χ2n) is 1.79. The van der Waals surface area contributed by atoms with Crippen LogP contribution >= 0.6 is 0 Å². The highest BCUT2D eigenvalue weighted by Gasteiger charge is 1.98. The van der Waals surface area contributed by atoms with Crippen molar-refractivity contribution in [1.29, 1.82) is 0 Å². The molecule has 0 spiro atoms. The summed E-state index contributed by atoms with van der Waals surface area (Å²) in [5, 5.41) is 16.8. The minimum absolute atomic E-state index is 0.605. The Morgan fingerprint density at radius 1 is 1.50 bits per heavy atom. The number of furan rings is 1. The maximum absolute atomic E-state index is 8.38. The van der Waals surface area contributed by atoms with E-state index in [2.05, 4.69) is 0 Å². The zero-order chi connectivity index (χ0) is 7.40. The fourth-order valence-corrected chi connectivity index (χ4v) is 0.567. The summed E-state index contributed by atoms with van der Waals surface area (Å²) in [6.45, 7) is 0. The standard InChI is InChI=1S/C6H7BO3/c8-7(9)4-3-6-2-1-5-10-6/h1-5,8-9H/b4-3+. The summed E-state index contributed by atoms with van der Waals surface area (Å²) in [6.07, 6.45) is 3.01. The topological polar surface area (TPSA) is 53.6 Å². The lowest BCUT2D eigenvalue weighted by molar-refractivity contribution is 0.424. The quantitative estimate of drug-likeness (QED) is 0.578. The Balaban J connectivity index is 2.55. The summed E-state index contributed by atoms with van der Waals surface area (Å²) in [5.74, 6) is 1.83. The molecule has 2 N–H and O–H groups in total. The molecule has 0 unspecified atom stereocenters. The third-order valence-corrected chi connectivity index (χ3v) is 0.976. The van der Waals surface area contributed by atoms with Crippen LogP contribution in [0.2, 0.25) is 0 Å². The molecule has 0 radical (unpaired) electrons. The molecule has 0 aliphatic rings. The monoisotopic (exact) mass is 138 g/mol. The summed E-state index contributed by atoms with van der Waals surface area (Å²) in [6, 6.07) is 3.45. The molecule has 10 heavy (non-hydrogen) atoms. The molecule has 0 saturated heterocycles. The highest BCUT2D eigenvalue weighted by molar-refractivity contribution is 6.48. The maximum atomic E-state index is 8.38. The van der Waals surface area contributed by atoms with Gasteiger partial charge in [-0.25, -0.2) is 0 Å². The highest BCUT2D eigenvalue weighted by Crippen LogP contribution is 2.01. The molecule has 1 heterocycles. The molecule has 0 amide bonds. The molecule has 1 rings (SSSR count). The molecule has 1 aromatic rings. The largest absolute Gasteiger partial charge is 0.480 e. The molecule has 0 aliphatic carbocycles. The Morgan fingerprint density at radius 3 is 2.80 bits per heavy atom. The second kappa shape index (κ2) is 3.24. The molecule has 1 aromatic heterocycles. The molecule has 0 aliphatic heterocycles. The van der Waals surface area contributed by atoms with Gasteiger partial charge in [0.1, 0.15) is 5.76 Å². The van der Waals surface area contributed by atoms with E-state index in [1.807, 2.05) is 0 Å². The van der Waals surface area contributed by atoms with Gasteiger partial charge in [-0.2, -0.15) is 0 Å². The first-order chi connectivity index (χ1) is 4.79. The Kier molecular flexibility index (Phi) is 2.31. The summed E-state index contributed by atoms with van der Waals surface area (Å²) in [4.78, 5) is 0. The Morgan fingerprint density at radius 2 is 2.30 bits per heavy atom. The predicted molar refractivity (Wildman–Crippen MR) is 37.9 cm³/mol. The number of hydrogen-bond acceptors (Lipinski definition) is 3. The van der Waals surface area contributed by atoms with Crippen LogP contribution in [0.1, 0.15) is 5.76 Å². The van der Waals surface area contributed by atoms with Crippen molar-refractivity contribution in [2.24, 2.45) is 0 Å². The van der Waals surface area contributed by atoms with Crippen LogP contribution in [-0.4, -0.2) is 17.2 Å². The van der Waals surface area contributed by atoms with Gasteiger partial charge in [-0.05, 0) is 18.2 Å². The van der Waals surface area contributed by atoms with Crippen molar-refractivity contribution in [3.8, 4) is 0 Å². The zero-order valence-corrected chi connectivity index (χ0v) is 5.27. The molecule has 3 nitrogen and oxygen atoms in total. The summed E-state index contributed by atoms with van der Waals surface area (Å²) in [7, 11) is -1.41. The minimum Gasteiger partial charge on any atom is -0.465 e. The lowest BCUT2D eigenvalue weighted by Crippen LogP contribution is -2.05. The lowest BCUT2D eigenvalue weighted by atomic mass is 9.91. The zero-order valence-electron chi connectivity index (χ0n) is 5.27. The third-order valence-electron chi connectivity index (χ3n) is 0.976. The van der Waals surface area contributed by atoms with E-state index in [0.29, 0.717) is 5.76 Å². The molecule has 0 fully saturated rings. The fraction of sp³-hybridized carbons (Fsp3) is 0. The van der Waals surface area contributed by atoms with Crippen LogP contribution in [0, 0.1) is 0 Å². The summed E-state index contributed by atoms with van der Waals surface area (Å²) >= 11 is 0. The van der Waals surface area contributed by atoms with E-state index in [1.165, 1.54) is 18.3 Å². The smallest absolute Gasteiger partial charge is 0.465 e. The van der Waals surface area contributed by atoms with Crippen molar-refractivity contribution >= 4 is 13.2 Å². The molecule has 52 valence electrons. The summed E-state index contributed by atoms with van der Waals surface area (Å²) in [5.41, 5.74) is 0. The van der Waals surface area contributed by atoms with Gasteiger partial charge in [-0.1, -0.05) is 5.98 Å². The van der Waals surface area contributed by atoms with Crippen LogP contribution in [0.3, 0.4) is 0 Å². The highest BCUT2D eigenvalue weighted by atomic mass is 16.4. The molecule has 0 saturated carbocycles. The van der Waals surface area contributed by atoms with Gasteiger partial charge in [-0.3, -0.25) is 0 Å². The normalized spacial score (nSPS) is 10.6. The van der Waals surface area contributed by atoms with E-state index in [9.17, 15) is 0 Å². The van der Waals surface area contributed by atoms with Crippen LogP contribution in [0.4, 0.5) is 0 Å². The van der Waals surface area contributed by atoms with Crippen LogP contribution in [0.15, 0.2) is 28.8 Å². The third kappa shape index (κ3) is 2.09. The molecule has 0 bridgehead atoms. The molecular weight excluding hydrogens is 131 g/mol. The number of hydrogen-bond donors (Lipinski definition) is 2. The first kappa shape index (κ1) is 7.12. The van der Waals surface area contributed by atoms with Crippen LogP contribution in [0.5, 0.6) is 0 Å². The fourth-order valence-electron chi connectivity index (χ4n) is 0.567. The first-order valence-electron chi connectivity index (χ1n) is 2.87. The maximum Gasteiger partial charge on any atom is 0.480 e. The van der Waals surface area contributed by atoms with E-state index in [0.717, 1.165) is 0 Å². The van der Waals surface area contributed by atoms with Crippen molar-refractivity contribution in [2.75, 3.05) is 0 Å². The van der Waals surface area contributed by atoms with E-state index in [1.54, 1.807) is 12.1 Å². The van der Waals surface area contributed by atoms with Gasteiger partial charge >= 0.3 is 7.12 Å². The van der Waals surface area contributed by atoms with Gasteiger partial charge in [0, 0.05) is 0 Å². The minimum atomic E-state index is -1.41. The van der Waals surface area contributed by atoms with Crippen molar-refractivity contribution in [2.45, 2.75) is 0 Å². The Labute approximate surface area is 58.7 Å². The Hall–Kier alpha value is -0.995. The van der Waals surface area contributed by atoms with Crippen molar-refractivity contribution in [3.05, 3.63) is 30.1 Å². The van der Waals surface area contributed by atoms with Crippen LogP contribution < -0.4 is 0 Å². The molecule has 0 atom stereocenters. The van der Waals surface area contributed by atoms with E-state index in [-0.39, 0.29) is 0 Å². The van der Waals surface area contributed by atoms with Crippen molar-refractivity contribution in [3.63, 3.8) is 0 Å². The SMILES string of the molecule is OB(O)/C=C/c1ccco1. The molecule has 0 aromatic carbocycles. The van der Waals surface area contributed by atoms with Gasteiger partial charge in [-0.15, -0.1) is 0 Å². The van der Waals surface area contributed by atoms with Crippen LogP contribution in [-0.2, 0) is 0 Å². The van der Waals surface area contributed by atoms with Gasteiger partial charge in [0.2, 0.25) is 0 Å². The van der Waals surface area contributed by atoms with E-state index >= 15 is 0 Å². The molecule has 4 heteroatoms. The van der Waals surface area contributed by atoms with Crippen molar-refractivity contribution < 1.29 is 14.5 Å². The first-order valence-corrected chi connectivity index (χ1v) is 2.87. The second-order valence-corrected chi connectivity index (χ2v) is 1.79. The van der Waals surface area contributed by atoms with Gasteiger partial charge in [0.05, 0.1) is 6.26 Å². The van der Waals surface area contributed by atoms with Gasteiger partial charge in [0.25, 0.3) is 0 Å². The average molecular weight is 138 g/mol. The van der Waals surface area contributed by atoms with E-state index in [4.69, 9.17) is 14.5 Å². The van der Waals surface area contributed by atoms with Crippen molar-refractivity contribution in [1.82, 2.24) is 0 Å². The molecular formula is C6H7BO3.